The number of fused-ring (bicyclic) bond motifs is 1. The highest BCUT2D eigenvalue weighted by molar-refractivity contribution is 7.11. The number of hydrogen-bond donors (Lipinski definition) is 1. The van der Waals surface area contributed by atoms with Crippen molar-refractivity contribution in [2.75, 3.05) is 13.1 Å². The van der Waals surface area contributed by atoms with Crippen molar-refractivity contribution in [3.05, 3.63) is 15.6 Å². The van der Waals surface area contributed by atoms with Crippen LogP contribution in [0.25, 0.3) is 0 Å². The third-order valence-electron chi connectivity index (χ3n) is 3.27. The minimum Gasteiger partial charge on any atom is -0.316 e. The summed E-state index contributed by atoms with van der Waals surface area (Å²) in [6.45, 7) is 2.40. The van der Waals surface area contributed by atoms with E-state index in [1.807, 2.05) is 11.3 Å². The molecule has 1 aliphatic heterocycles. The van der Waals surface area contributed by atoms with E-state index in [4.69, 9.17) is 4.98 Å². The fourth-order valence-corrected chi connectivity index (χ4v) is 3.74. The predicted molar refractivity (Wildman–Crippen MR) is 58.8 cm³/mol. The van der Waals surface area contributed by atoms with E-state index in [2.05, 4.69) is 5.32 Å². The van der Waals surface area contributed by atoms with Crippen LogP contribution in [0.5, 0.6) is 0 Å². The van der Waals surface area contributed by atoms with Crippen LogP contribution in [-0.2, 0) is 19.3 Å². The molecule has 0 bridgehead atoms. The van der Waals surface area contributed by atoms with Crippen LogP contribution in [0.1, 0.15) is 28.4 Å². The molecule has 1 saturated heterocycles. The smallest absolute Gasteiger partial charge is 0.0934 e. The van der Waals surface area contributed by atoms with E-state index >= 15 is 0 Å². The zero-order valence-electron chi connectivity index (χ0n) is 8.38. The lowest BCUT2D eigenvalue weighted by Gasteiger charge is -2.03. The molecule has 1 fully saturated rings. The monoisotopic (exact) mass is 208 g/mol. The first-order valence-corrected chi connectivity index (χ1v) is 6.41. The molecule has 0 amide bonds. The van der Waals surface area contributed by atoms with E-state index in [0.717, 1.165) is 5.92 Å². The molecule has 1 aromatic heterocycles. The summed E-state index contributed by atoms with van der Waals surface area (Å²) in [7, 11) is 0. The molecule has 1 N–H and O–H groups in total. The maximum absolute atomic E-state index is 4.74. The number of rotatable bonds is 2. The van der Waals surface area contributed by atoms with Gasteiger partial charge in [-0.3, -0.25) is 0 Å². The first kappa shape index (κ1) is 8.86. The van der Waals surface area contributed by atoms with E-state index in [1.54, 1.807) is 4.88 Å². The Morgan fingerprint density at radius 2 is 2.43 bits per heavy atom. The molecule has 2 nitrogen and oxygen atoms in total. The SMILES string of the molecule is C1Cc2nc(CC3CCNC3)sc2C1. The van der Waals surface area contributed by atoms with Gasteiger partial charge in [-0.05, 0) is 44.7 Å². The van der Waals surface area contributed by atoms with Crippen LogP contribution in [0.3, 0.4) is 0 Å². The Hall–Kier alpha value is -0.410. The lowest BCUT2D eigenvalue weighted by Crippen LogP contribution is -2.10. The van der Waals surface area contributed by atoms with Gasteiger partial charge in [0.2, 0.25) is 0 Å². The van der Waals surface area contributed by atoms with Crippen LogP contribution < -0.4 is 5.32 Å². The van der Waals surface area contributed by atoms with E-state index in [-0.39, 0.29) is 0 Å². The second-order valence-electron chi connectivity index (χ2n) is 4.39. The molecule has 1 atom stereocenters. The lowest BCUT2D eigenvalue weighted by atomic mass is 10.1. The molecule has 0 saturated carbocycles. The molecule has 0 radical (unpaired) electrons. The molecule has 2 heterocycles. The van der Waals surface area contributed by atoms with Crippen LogP contribution in [0.15, 0.2) is 0 Å². The Labute approximate surface area is 88.7 Å². The highest BCUT2D eigenvalue weighted by Gasteiger charge is 2.20. The zero-order valence-corrected chi connectivity index (χ0v) is 9.20. The highest BCUT2D eigenvalue weighted by atomic mass is 32.1. The number of thiazole rings is 1. The van der Waals surface area contributed by atoms with Crippen molar-refractivity contribution in [2.24, 2.45) is 5.92 Å². The normalized spacial score (nSPS) is 25.6. The van der Waals surface area contributed by atoms with E-state index in [1.165, 1.54) is 55.9 Å². The van der Waals surface area contributed by atoms with Gasteiger partial charge in [-0.15, -0.1) is 11.3 Å². The van der Waals surface area contributed by atoms with Crippen molar-refractivity contribution in [3.63, 3.8) is 0 Å². The summed E-state index contributed by atoms with van der Waals surface area (Å²) in [5, 5.41) is 4.81. The van der Waals surface area contributed by atoms with Crippen LogP contribution in [-0.4, -0.2) is 18.1 Å². The molecular formula is C11H16N2S. The summed E-state index contributed by atoms with van der Waals surface area (Å²) in [5.41, 5.74) is 1.41. The van der Waals surface area contributed by atoms with Crippen molar-refractivity contribution < 1.29 is 0 Å². The first-order chi connectivity index (χ1) is 6.92. The number of aromatic nitrogens is 1. The van der Waals surface area contributed by atoms with Crippen molar-refractivity contribution in [1.82, 2.24) is 10.3 Å². The summed E-state index contributed by atoms with van der Waals surface area (Å²) in [6.07, 6.45) is 6.40. The Morgan fingerprint density at radius 1 is 1.43 bits per heavy atom. The minimum absolute atomic E-state index is 0.848. The lowest BCUT2D eigenvalue weighted by molar-refractivity contribution is 0.577. The van der Waals surface area contributed by atoms with Gasteiger partial charge in [0.15, 0.2) is 0 Å². The van der Waals surface area contributed by atoms with Gasteiger partial charge in [0.1, 0.15) is 0 Å². The number of nitrogens with one attached hydrogen (secondary N) is 1. The molecule has 1 aromatic rings. The maximum atomic E-state index is 4.74. The quantitative estimate of drug-likeness (QED) is 0.801. The Morgan fingerprint density at radius 3 is 3.21 bits per heavy atom. The van der Waals surface area contributed by atoms with E-state index in [9.17, 15) is 0 Å². The Balaban J connectivity index is 1.71. The molecule has 0 spiro atoms. The van der Waals surface area contributed by atoms with Gasteiger partial charge < -0.3 is 5.32 Å². The van der Waals surface area contributed by atoms with Crippen LogP contribution in [0.2, 0.25) is 0 Å². The first-order valence-electron chi connectivity index (χ1n) is 5.60. The Bertz CT molecular complexity index is 305. The molecule has 1 unspecified atom stereocenters. The maximum Gasteiger partial charge on any atom is 0.0934 e. The standard InChI is InChI=1S/C11H16N2S/c1-2-9-10(3-1)14-11(13-9)6-8-4-5-12-7-8/h8,12H,1-7H2. The third kappa shape index (κ3) is 1.59. The van der Waals surface area contributed by atoms with Gasteiger partial charge in [-0.25, -0.2) is 4.98 Å². The summed E-state index contributed by atoms with van der Waals surface area (Å²) in [5.74, 6) is 0.848. The predicted octanol–water partition coefficient (Wildman–Crippen LogP) is 1.78. The number of hydrogen-bond acceptors (Lipinski definition) is 3. The van der Waals surface area contributed by atoms with Gasteiger partial charge in [-0.2, -0.15) is 0 Å². The summed E-state index contributed by atoms with van der Waals surface area (Å²) >= 11 is 1.97. The molecule has 0 aromatic carbocycles. The van der Waals surface area contributed by atoms with Crippen molar-refractivity contribution in [3.8, 4) is 0 Å². The van der Waals surface area contributed by atoms with E-state index in [0.29, 0.717) is 0 Å². The average molecular weight is 208 g/mol. The van der Waals surface area contributed by atoms with Crippen LogP contribution in [0, 0.1) is 5.92 Å². The van der Waals surface area contributed by atoms with Gasteiger partial charge in [0.25, 0.3) is 0 Å². The average Bonchev–Trinajstić information content (AvgIpc) is 2.78. The molecule has 14 heavy (non-hydrogen) atoms. The Kier molecular flexibility index (Phi) is 2.30. The minimum atomic E-state index is 0.848. The second kappa shape index (κ2) is 3.63. The fraction of sp³-hybridized carbons (Fsp3) is 0.727. The molecular weight excluding hydrogens is 192 g/mol. The van der Waals surface area contributed by atoms with E-state index < -0.39 is 0 Å². The second-order valence-corrected chi connectivity index (χ2v) is 5.56. The zero-order chi connectivity index (χ0) is 9.38. The summed E-state index contributed by atoms with van der Waals surface area (Å²) in [6, 6.07) is 0. The molecule has 3 heteroatoms. The summed E-state index contributed by atoms with van der Waals surface area (Å²) in [4.78, 5) is 6.32. The highest BCUT2D eigenvalue weighted by Crippen LogP contribution is 2.29. The molecule has 1 aliphatic carbocycles. The van der Waals surface area contributed by atoms with Gasteiger partial charge in [-0.1, -0.05) is 0 Å². The van der Waals surface area contributed by atoms with Crippen molar-refractivity contribution in [1.29, 1.82) is 0 Å². The largest absolute Gasteiger partial charge is 0.316 e. The summed E-state index contributed by atoms with van der Waals surface area (Å²) < 4.78 is 0. The van der Waals surface area contributed by atoms with Gasteiger partial charge in [0, 0.05) is 11.3 Å². The topological polar surface area (TPSA) is 24.9 Å². The molecule has 3 rings (SSSR count). The third-order valence-corrected chi connectivity index (χ3v) is 4.45. The molecule has 2 aliphatic rings. The number of aryl methyl sites for hydroxylation is 2. The van der Waals surface area contributed by atoms with Crippen LogP contribution >= 0.6 is 11.3 Å². The van der Waals surface area contributed by atoms with Crippen molar-refractivity contribution in [2.45, 2.75) is 32.1 Å². The number of nitrogens with zero attached hydrogens (tertiary/aromatic N) is 1. The molecule has 76 valence electrons. The van der Waals surface area contributed by atoms with Crippen LogP contribution in [0.4, 0.5) is 0 Å². The van der Waals surface area contributed by atoms with Crippen molar-refractivity contribution >= 4 is 11.3 Å². The van der Waals surface area contributed by atoms with Gasteiger partial charge in [0.05, 0.1) is 10.7 Å². The fourth-order valence-electron chi connectivity index (χ4n) is 2.47. The van der Waals surface area contributed by atoms with Gasteiger partial charge >= 0.3 is 0 Å².